The third-order valence-electron chi connectivity index (χ3n) is 3.28. The zero-order valence-electron chi connectivity index (χ0n) is 11.3. The van der Waals surface area contributed by atoms with Crippen LogP contribution in [0.3, 0.4) is 0 Å². The van der Waals surface area contributed by atoms with E-state index in [4.69, 9.17) is 4.74 Å². The number of pyridine rings is 1. The lowest BCUT2D eigenvalue weighted by Gasteiger charge is -2.31. The summed E-state index contributed by atoms with van der Waals surface area (Å²) in [5.74, 6) is -1.31. The number of nitrogens with zero attached hydrogens (tertiary/aromatic N) is 2. The van der Waals surface area contributed by atoms with Gasteiger partial charge >= 0.3 is 5.97 Å². The number of esters is 1. The van der Waals surface area contributed by atoms with E-state index in [1.54, 1.807) is 11.8 Å². The van der Waals surface area contributed by atoms with Gasteiger partial charge in [0.05, 0.1) is 18.7 Å². The van der Waals surface area contributed by atoms with Gasteiger partial charge < -0.3 is 9.64 Å². The first-order chi connectivity index (χ1) is 9.61. The molecule has 0 unspecified atom stereocenters. The van der Waals surface area contributed by atoms with Gasteiger partial charge in [-0.1, -0.05) is 0 Å². The third-order valence-corrected chi connectivity index (χ3v) is 3.28. The highest BCUT2D eigenvalue weighted by Crippen LogP contribution is 2.19. The number of ether oxygens (including phenoxy) is 1. The van der Waals surface area contributed by atoms with Crippen LogP contribution in [0.5, 0.6) is 0 Å². The molecule has 0 N–H and O–H groups in total. The standard InChI is InChI=1S/C14H17FN2O3/c1-2-20-14(19)10-4-3-7-17(9-10)13(18)12-6-5-11(15)8-16-12/h5-6,8,10H,2-4,7,9H2,1H3/t10-/m1/s1. The number of hydrogen-bond acceptors (Lipinski definition) is 4. The summed E-state index contributed by atoms with van der Waals surface area (Å²) in [5, 5.41) is 0. The summed E-state index contributed by atoms with van der Waals surface area (Å²) in [6.07, 6.45) is 2.48. The predicted molar refractivity (Wildman–Crippen MR) is 69.5 cm³/mol. The summed E-state index contributed by atoms with van der Waals surface area (Å²) in [5.41, 5.74) is 0.191. The first-order valence-corrected chi connectivity index (χ1v) is 6.69. The van der Waals surface area contributed by atoms with Crippen LogP contribution in [-0.2, 0) is 9.53 Å². The van der Waals surface area contributed by atoms with E-state index < -0.39 is 5.82 Å². The zero-order valence-corrected chi connectivity index (χ0v) is 11.3. The molecule has 0 radical (unpaired) electrons. The van der Waals surface area contributed by atoms with Crippen LogP contribution in [0.25, 0.3) is 0 Å². The Morgan fingerprint density at radius 1 is 1.50 bits per heavy atom. The van der Waals surface area contributed by atoms with Crippen molar-refractivity contribution in [1.29, 1.82) is 0 Å². The summed E-state index contributed by atoms with van der Waals surface area (Å²) < 4.78 is 17.8. The largest absolute Gasteiger partial charge is 0.466 e. The summed E-state index contributed by atoms with van der Waals surface area (Å²) in [6.45, 7) is 3.00. The molecular formula is C14H17FN2O3. The first kappa shape index (κ1) is 14.4. The molecule has 6 heteroatoms. The molecule has 1 saturated heterocycles. The minimum Gasteiger partial charge on any atom is -0.466 e. The molecule has 1 amide bonds. The molecule has 1 aliphatic rings. The average molecular weight is 280 g/mol. The maximum absolute atomic E-state index is 12.8. The minimum absolute atomic E-state index is 0.191. The molecule has 0 saturated carbocycles. The average Bonchev–Trinajstić information content (AvgIpc) is 2.48. The molecule has 0 bridgehead atoms. The van der Waals surface area contributed by atoms with E-state index in [2.05, 4.69) is 4.98 Å². The van der Waals surface area contributed by atoms with Gasteiger partial charge in [-0.15, -0.1) is 0 Å². The van der Waals surface area contributed by atoms with E-state index in [1.807, 2.05) is 0 Å². The van der Waals surface area contributed by atoms with Crippen molar-refractivity contribution < 1.29 is 18.7 Å². The lowest BCUT2D eigenvalue weighted by atomic mass is 9.98. The van der Waals surface area contributed by atoms with Gasteiger partial charge in [-0.2, -0.15) is 0 Å². The van der Waals surface area contributed by atoms with Crippen molar-refractivity contribution >= 4 is 11.9 Å². The molecule has 2 heterocycles. The van der Waals surface area contributed by atoms with Crippen LogP contribution < -0.4 is 0 Å². The predicted octanol–water partition coefficient (Wildman–Crippen LogP) is 1.64. The van der Waals surface area contributed by atoms with Crippen molar-refractivity contribution in [2.75, 3.05) is 19.7 Å². The molecule has 1 aromatic heterocycles. The van der Waals surface area contributed by atoms with Crippen LogP contribution in [0.2, 0.25) is 0 Å². The van der Waals surface area contributed by atoms with Crippen molar-refractivity contribution in [2.45, 2.75) is 19.8 Å². The number of likely N-dealkylation sites (tertiary alicyclic amines) is 1. The molecule has 1 atom stereocenters. The number of amides is 1. The van der Waals surface area contributed by atoms with Crippen LogP contribution in [-0.4, -0.2) is 41.5 Å². The highest BCUT2D eigenvalue weighted by molar-refractivity contribution is 5.92. The Morgan fingerprint density at radius 2 is 2.30 bits per heavy atom. The monoisotopic (exact) mass is 280 g/mol. The van der Waals surface area contributed by atoms with Crippen molar-refractivity contribution in [3.05, 3.63) is 29.8 Å². The van der Waals surface area contributed by atoms with Crippen molar-refractivity contribution in [1.82, 2.24) is 9.88 Å². The molecule has 0 aromatic carbocycles. The Balaban J connectivity index is 2.03. The second kappa shape index (κ2) is 6.45. The van der Waals surface area contributed by atoms with E-state index in [0.717, 1.165) is 19.0 Å². The molecule has 108 valence electrons. The Hall–Kier alpha value is -1.98. The van der Waals surface area contributed by atoms with Gasteiger partial charge in [0, 0.05) is 13.1 Å². The molecule has 2 rings (SSSR count). The lowest BCUT2D eigenvalue weighted by molar-refractivity contribution is -0.149. The second-order valence-corrected chi connectivity index (χ2v) is 4.70. The normalized spacial score (nSPS) is 18.7. The van der Waals surface area contributed by atoms with Crippen molar-refractivity contribution in [3.8, 4) is 0 Å². The maximum Gasteiger partial charge on any atom is 0.310 e. The van der Waals surface area contributed by atoms with E-state index in [0.29, 0.717) is 19.7 Å². The van der Waals surface area contributed by atoms with Crippen LogP contribution in [0.15, 0.2) is 18.3 Å². The van der Waals surface area contributed by atoms with Crippen molar-refractivity contribution in [2.24, 2.45) is 5.92 Å². The van der Waals surface area contributed by atoms with Gasteiger partial charge in [0.15, 0.2) is 0 Å². The summed E-state index contributed by atoms with van der Waals surface area (Å²) in [6, 6.07) is 2.55. The highest BCUT2D eigenvalue weighted by atomic mass is 19.1. The maximum atomic E-state index is 12.8. The molecule has 0 aliphatic carbocycles. The topological polar surface area (TPSA) is 59.5 Å². The fraction of sp³-hybridized carbons (Fsp3) is 0.500. The highest BCUT2D eigenvalue weighted by Gasteiger charge is 2.30. The smallest absolute Gasteiger partial charge is 0.310 e. The quantitative estimate of drug-likeness (QED) is 0.790. The molecular weight excluding hydrogens is 263 g/mol. The van der Waals surface area contributed by atoms with Crippen LogP contribution >= 0.6 is 0 Å². The lowest BCUT2D eigenvalue weighted by Crippen LogP contribution is -2.43. The Morgan fingerprint density at radius 3 is 2.95 bits per heavy atom. The first-order valence-electron chi connectivity index (χ1n) is 6.69. The van der Waals surface area contributed by atoms with Crippen molar-refractivity contribution in [3.63, 3.8) is 0 Å². The molecule has 0 spiro atoms. The van der Waals surface area contributed by atoms with Crippen LogP contribution in [0, 0.1) is 11.7 Å². The SMILES string of the molecule is CCOC(=O)[C@@H]1CCCN(C(=O)c2ccc(F)cn2)C1. The number of hydrogen-bond donors (Lipinski definition) is 0. The molecule has 5 nitrogen and oxygen atoms in total. The van der Waals surface area contributed by atoms with Gasteiger partial charge in [0.1, 0.15) is 11.5 Å². The Bertz CT molecular complexity index is 490. The zero-order chi connectivity index (χ0) is 14.5. The number of aromatic nitrogens is 1. The van der Waals surface area contributed by atoms with E-state index in [-0.39, 0.29) is 23.5 Å². The fourth-order valence-corrected chi connectivity index (χ4v) is 2.28. The number of piperidine rings is 1. The number of rotatable bonds is 3. The molecule has 1 aliphatic heterocycles. The van der Waals surface area contributed by atoms with Crippen LogP contribution in [0.4, 0.5) is 4.39 Å². The van der Waals surface area contributed by atoms with E-state index >= 15 is 0 Å². The molecule has 20 heavy (non-hydrogen) atoms. The summed E-state index contributed by atoms with van der Waals surface area (Å²) in [4.78, 5) is 29.3. The van der Waals surface area contributed by atoms with E-state index in [9.17, 15) is 14.0 Å². The number of carbonyl (C=O) groups excluding carboxylic acids is 2. The van der Waals surface area contributed by atoms with Crippen LogP contribution in [0.1, 0.15) is 30.3 Å². The number of carbonyl (C=O) groups is 2. The fourth-order valence-electron chi connectivity index (χ4n) is 2.28. The van der Waals surface area contributed by atoms with E-state index in [1.165, 1.54) is 12.1 Å². The second-order valence-electron chi connectivity index (χ2n) is 4.70. The van der Waals surface area contributed by atoms with Gasteiger partial charge in [0.2, 0.25) is 0 Å². The van der Waals surface area contributed by atoms with Gasteiger partial charge in [-0.25, -0.2) is 9.37 Å². The minimum atomic E-state index is -0.482. The Kier molecular flexibility index (Phi) is 4.65. The third kappa shape index (κ3) is 3.31. The molecule has 1 fully saturated rings. The van der Waals surface area contributed by atoms with Gasteiger partial charge in [0.25, 0.3) is 5.91 Å². The van der Waals surface area contributed by atoms with Gasteiger partial charge in [-0.3, -0.25) is 9.59 Å². The summed E-state index contributed by atoms with van der Waals surface area (Å²) >= 11 is 0. The van der Waals surface area contributed by atoms with Gasteiger partial charge in [-0.05, 0) is 31.9 Å². The Labute approximate surface area is 116 Å². The summed E-state index contributed by atoms with van der Waals surface area (Å²) in [7, 11) is 0. The number of halogens is 1. The molecule has 1 aromatic rings.